The van der Waals surface area contributed by atoms with Gasteiger partial charge in [-0.15, -0.1) is 0 Å². The lowest BCUT2D eigenvalue weighted by atomic mass is 12.0. The average Bonchev–Trinajstić information content (AvgIpc) is 0.811. The highest BCUT2D eigenvalue weighted by Gasteiger charge is 1.67. The van der Waals surface area contributed by atoms with Gasteiger partial charge >= 0.3 is 0 Å². The first-order valence-electron chi connectivity index (χ1n) is 0.582. The molecule has 0 N–H and O–H groups in total. The summed E-state index contributed by atoms with van der Waals surface area (Å²) >= 11 is 9.17. The quantitative estimate of drug-likeness (QED) is 0.466. The fourth-order valence-electron chi connectivity index (χ4n) is 0. The molecule has 0 aromatic carbocycles. The van der Waals surface area contributed by atoms with Crippen LogP contribution >= 0.6 is 29.0 Å². The van der Waals surface area contributed by atoms with Crippen LogP contribution in [0.4, 0.5) is 0 Å². The van der Waals surface area contributed by atoms with Crippen molar-refractivity contribution in [1.82, 2.24) is 0 Å². The maximum atomic E-state index is 9.16. The lowest BCUT2D eigenvalue weighted by Crippen LogP contribution is -0.953. The van der Waals surface area contributed by atoms with Gasteiger partial charge in [0.2, 0.25) is 6.51 Å². The third-order valence-electron chi connectivity index (χ3n) is 0. The SMILES string of the molecule is C.O=[PH](Cl)Cl. The van der Waals surface area contributed by atoms with Crippen LogP contribution in [0.5, 0.6) is 0 Å². The van der Waals surface area contributed by atoms with Gasteiger partial charge in [-0.1, -0.05) is 7.43 Å². The average molecular weight is 135 g/mol. The number of hydrogen-bond acceptors (Lipinski definition) is 1. The minimum absolute atomic E-state index is 0. The lowest BCUT2D eigenvalue weighted by Gasteiger charge is -1.52. The van der Waals surface area contributed by atoms with Gasteiger partial charge in [0, 0.05) is 0 Å². The van der Waals surface area contributed by atoms with Crippen LogP contribution in [0.3, 0.4) is 0 Å². The smallest absolute Gasteiger partial charge is 0.241 e. The Bertz CT molecular complexity index is 32.6. The van der Waals surface area contributed by atoms with E-state index in [1.807, 2.05) is 0 Å². The molecule has 0 atom stereocenters. The Kier molecular flexibility index (Phi) is 8.91. The summed E-state index contributed by atoms with van der Waals surface area (Å²) < 4.78 is 9.16. The number of hydrogen-bond donors (Lipinski definition) is 0. The summed E-state index contributed by atoms with van der Waals surface area (Å²) in [6.45, 7) is -2.19. The zero-order chi connectivity index (χ0) is 3.58. The molecule has 0 fully saturated rings. The Hall–Kier alpha value is 0.810. The van der Waals surface area contributed by atoms with Crippen molar-refractivity contribution in [2.45, 2.75) is 7.43 Å². The van der Waals surface area contributed by atoms with Crippen molar-refractivity contribution in [2.24, 2.45) is 0 Å². The van der Waals surface area contributed by atoms with Gasteiger partial charge < -0.3 is 0 Å². The zero-order valence-electron chi connectivity index (χ0n) is 1.66. The molecule has 0 heterocycles. The summed E-state index contributed by atoms with van der Waals surface area (Å²) in [6, 6.07) is 0. The summed E-state index contributed by atoms with van der Waals surface area (Å²) in [4.78, 5) is 0. The third-order valence-corrected chi connectivity index (χ3v) is 0. The van der Waals surface area contributed by atoms with Crippen molar-refractivity contribution < 1.29 is 4.57 Å². The molecule has 0 aromatic heterocycles. The Labute approximate surface area is 41.6 Å². The Morgan fingerprint density at radius 1 is 1.40 bits per heavy atom. The van der Waals surface area contributed by atoms with Crippen molar-refractivity contribution in [3.63, 3.8) is 0 Å². The van der Waals surface area contributed by atoms with Crippen molar-refractivity contribution in [1.29, 1.82) is 0 Å². The molecule has 4 heteroatoms. The molecule has 5 heavy (non-hydrogen) atoms. The van der Waals surface area contributed by atoms with Gasteiger partial charge in [0.05, 0.1) is 0 Å². The second-order valence-electron chi connectivity index (χ2n) is 0.226. The Morgan fingerprint density at radius 2 is 1.40 bits per heavy atom. The molecule has 0 amide bonds. The topological polar surface area (TPSA) is 17.1 Å². The predicted molar refractivity (Wildman–Crippen MR) is 27.4 cm³/mol. The van der Waals surface area contributed by atoms with E-state index in [0.717, 1.165) is 0 Å². The first-order valence-corrected chi connectivity index (χ1v) is 4.01. The molecule has 0 aliphatic heterocycles. The molecule has 0 spiro atoms. The van der Waals surface area contributed by atoms with Gasteiger partial charge in [-0.3, -0.25) is 4.57 Å². The van der Waals surface area contributed by atoms with Crippen LogP contribution in [0.15, 0.2) is 0 Å². The lowest BCUT2D eigenvalue weighted by molar-refractivity contribution is 0.602. The maximum absolute atomic E-state index is 9.16. The third kappa shape index (κ3) is 57.9. The molecule has 0 unspecified atom stereocenters. The molecule has 0 radical (unpaired) electrons. The first kappa shape index (κ1) is 9.26. The molecule has 0 saturated carbocycles. The summed E-state index contributed by atoms with van der Waals surface area (Å²) in [5.74, 6) is 0. The van der Waals surface area contributed by atoms with Crippen LogP contribution in [0.2, 0.25) is 0 Å². The van der Waals surface area contributed by atoms with E-state index < -0.39 is 6.51 Å². The van der Waals surface area contributed by atoms with Crippen LogP contribution in [0, 0.1) is 0 Å². The fourth-order valence-corrected chi connectivity index (χ4v) is 0. The molecular weight excluding hydrogens is 130 g/mol. The van der Waals surface area contributed by atoms with Gasteiger partial charge in [0.25, 0.3) is 0 Å². The molecule has 1 nitrogen and oxygen atoms in total. The number of halogens is 2. The fraction of sp³-hybridized carbons (Fsp3) is 1.00. The van der Waals surface area contributed by atoms with Crippen molar-refractivity contribution in [3.8, 4) is 0 Å². The van der Waals surface area contributed by atoms with E-state index in [1.165, 1.54) is 0 Å². The highest BCUT2D eigenvalue weighted by Crippen LogP contribution is 2.31. The van der Waals surface area contributed by atoms with Crippen LogP contribution < -0.4 is 0 Å². The largest absolute Gasteiger partial charge is 0.293 e. The molecule has 0 saturated heterocycles. The molecule has 34 valence electrons. The molecule has 0 rings (SSSR count). The van der Waals surface area contributed by atoms with E-state index in [-0.39, 0.29) is 7.43 Å². The van der Waals surface area contributed by atoms with Crippen molar-refractivity contribution in [3.05, 3.63) is 0 Å². The normalized spacial score (nSPS) is 7.00. The van der Waals surface area contributed by atoms with E-state index in [0.29, 0.717) is 0 Å². The van der Waals surface area contributed by atoms with E-state index in [9.17, 15) is 0 Å². The molecule has 0 aromatic rings. The Balaban J connectivity index is 0. The predicted octanol–water partition coefficient (Wildman–Crippen LogP) is 2.49. The van der Waals surface area contributed by atoms with E-state index in [2.05, 4.69) is 22.5 Å². The van der Waals surface area contributed by atoms with Crippen LogP contribution in [0.25, 0.3) is 0 Å². The molecule has 0 bridgehead atoms. The van der Waals surface area contributed by atoms with Gasteiger partial charge in [-0.2, -0.15) is 0 Å². The standard InChI is InChI=1S/CH4.Cl2HOP/c;1-4(2)3/h1H4;4H. The van der Waals surface area contributed by atoms with E-state index in [1.54, 1.807) is 0 Å². The van der Waals surface area contributed by atoms with Crippen LogP contribution in [-0.2, 0) is 4.57 Å². The Morgan fingerprint density at radius 3 is 1.40 bits per heavy atom. The van der Waals surface area contributed by atoms with Gasteiger partial charge in [-0.05, 0) is 22.5 Å². The summed E-state index contributed by atoms with van der Waals surface area (Å²) in [7, 11) is 0. The summed E-state index contributed by atoms with van der Waals surface area (Å²) in [5.41, 5.74) is 0. The number of rotatable bonds is 0. The minimum Gasteiger partial charge on any atom is -0.293 e. The van der Waals surface area contributed by atoms with Crippen molar-refractivity contribution >= 4 is 29.0 Å². The summed E-state index contributed by atoms with van der Waals surface area (Å²) in [6.07, 6.45) is 0. The van der Waals surface area contributed by atoms with Crippen LogP contribution in [-0.4, -0.2) is 0 Å². The molecule has 0 aliphatic rings. The molecular formula is CH5Cl2OP. The van der Waals surface area contributed by atoms with Gasteiger partial charge in [-0.25, -0.2) is 0 Å². The van der Waals surface area contributed by atoms with E-state index >= 15 is 0 Å². The second-order valence-corrected chi connectivity index (χ2v) is 3.32. The monoisotopic (exact) mass is 134 g/mol. The summed E-state index contributed by atoms with van der Waals surface area (Å²) in [5, 5.41) is 0. The second kappa shape index (κ2) is 4.81. The van der Waals surface area contributed by atoms with Crippen molar-refractivity contribution in [2.75, 3.05) is 0 Å². The highest BCUT2D eigenvalue weighted by molar-refractivity contribution is 7.95. The molecule has 0 aliphatic carbocycles. The van der Waals surface area contributed by atoms with E-state index in [4.69, 9.17) is 4.57 Å². The highest BCUT2D eigenvalue weighted by atomic mass is 35.9. The maximum Gasteiger partial charge on any atom is 0.241 e. The van der Waals surface area contributed by atoms with Gasteiger partial charge in [0.15, 0.2) is 0 Å². The van der Waals surface area contributed by atoms with Gasteiger partial charge in [0.1, 0.15) is 0 Å². The minimum atomic E-state index is -2.19. The first-order chi connectivity index (χ1) is 1.73. The van der Waals surface area contributed by atoms with Crippen LogP contribution in [0.1, 0.15) is 7.43 Å². The zero-order valence-corrected chi connectivity index (χ0v) is 4.18.